The van der Waals surface area contributed by atoms with Gasteiger partial charge in [0.1, 0.15) is 0 Å². The molecule has 1 aliphatic heterocycles. The standard InChI is InChI=1S/C9H19FN2O/c1-11-5-6-12(8-9(11)10)4-3-7-13-2/h9H,3-8H2,1-2H3. The zero-order valence-electron chi connectivity index (χ0n) is 8.50. The second-order valence-electron chi connectivity index (χ2n) is 3.56. The molecule has 0 aromatic rings. The molecule has 1 aliphatic rings. The fourth-order valence-corrected chi connectivity index (χ4v) is 1.52. The van der Waals surface area contributed by atoms with Gasteiger partial charge in [0.15, 0.2) is 6.30 Å². The fourth-order valence-electron chi connectivity index (χ4n) is 1.52. The van der Waals surface area contributed by atoms with Gasteiger partial charge in [-0.15, -0.1) is 0 Å². The van der Waals surface area contributed by atoms with Crippen LogP contribution in [0.4, 0.5) is 4.39 Å². The maximum absolute atomic E-state index is 13.2. The number of rotatable bonds is 4. The summed E-state index contributed by atoms with van der Waals surface area (Å²) >= 11 is 0. The summed E-state index contributed by atoms with van der Waals surface area (Å²) < 4.78 is 18.1. The molecule has 4 heteroatoms. The maximum Gasteiger partial charge on any atom is 0.166 e. The van der Waals surface area contributed by atoms with Crippen LogP contribution in [0.3, 0.4) is 0 Å². The number of piperazine rings is 1. The van der Waals surface area contributed by atoms with Crippen LogP contribution in [0.15, 0.2) is 0 Å². The van der Waals surface area contributed by atoms with Crippen LogP contribution in [0.2, 0.25) is 0 Å². The Hall–Kier alpha value is -0.190. The van der Waals surface area contributed by atoms with Crippen LogP contribution in [0, 0.1) is 0 Å². The highest BCUT2D eigenvalue weighted by atomic mass is 19.1. The Labute approximate surface area is 79.5 Å². The molecule has 3 nitrogen and oxygen atoms in total. The Balaban J connectivity index is 2.14. The van der Waals surface area contributed by atoms with Crippen molar-refractivity contribution in [2.24, 2.45) is 0 Å². The van der Waals surface area contributed by atoms with Gasteiger partial charge in [-0.05, 0) is 13.5 Å². The predicted molar refractivity (Wildman–Crippen MR) is 50.5 cm³/mol. The van der Waals surface area contributed by atoms with E-state index >= 15 is 0 Å². The molecule has 1 rings (SSSR count). The average molecular weight is 190 g/mol. The number of nitrogens with zero attached hydrogens (tertiary/aromatic N) is 2. The highest BCUT2D eigenvalue weighted by molar-refractivity contribution is 4.72. The molecule has 0 aromatic carbocycles. The molecule has 13 heavy (non-hydrogen) atoms. The minimum absolute atomic E-state index is 0.542. The van der Waals surface area contributed by atoms with Crippen LogP contribution in [0.25, 0.3) is 0 Å². The van der Waals surface area contributed by atoms with E-state index in [1.165, 1.54) is 0 Å². The first kappa shape index (κ1) is 10.9. The number of hydrogen-bond acceptors (Lipinski definition) is 3. The number of methoxy groups -OCH3 is 1. The number of alkyl halides is 1. The number of halogens is 1. The van der Waals surface area contributed by atoms with Gasteiger partial charge >= 0.3 is 0 Å². The molecule has 0 bridgehead atoms. The van der Waals surface area contributed by atoms with E-state index in [4.69, 9.17) is 4.74 Å². The molecule has 1 heterocycles. The first-order valence-corrected chi connectivity index (χ1v) is 4.79. The van der Waals surface area contributed by atoms with Gasteiger partial charge in [0.2, 0.25) is 0 Å². The van der Waals surface area contributed by atoms with E-state index in [9.17, 15) is 4.39 Å². The molecule has 0 aromatic heterocycles. The molecule has 0 saturated carbocycles. The van der Waals surface area contributed by atoms with E-state index in [2.05, 4.69) is 4.90 Å². The van der Waals surface area contributed by atoms with E-state index in [0.717, 1.165) is 32.7 Å². The van der Waals surface area contributed by atoms with Crippen LogP contribution in [-0.4, -0.2) is 63.0 Å². The molecule has 0 spiro atoms. The van der Waals surface area contributed by atoms with E-state index in [1.807, 2.05) is 7.05 Å². The van der Waals surface area contributed by atoms with Gasteiger partial charge in [-0.1, -0.05) is 0 Å². The van der Waals surface area contributed by atoms with Gasteiger partial charge in [0.25, 0.3) is 0 Å². The molecule has 0 amide bonds. The summed E-state index contributed by atoms with van der Waals surface area (Å²) in [6, 6.07) is 0. The number of ether oxygens (including phenoxy) is 1. The van der Waals surface area contributed by atoms with E-state index < -0.39 is 6.30 Å². The summed E-state index contributed by atoms with van der Waals surface area (Å²) in [6.07, 6.45) is 0.198. The van der Waals surface area contributed by atoms with Gasteiger partial charge in [-0.25, -0.2) is 4.39 Å². The smallest absolute Gasteiger partial charge is 0.166 e. The summed E-state index contributed by atoms with van der Waals surface area (Å²) in [5.41, 5.74) is 0. The van der Waals surface area contributed by atoms with Gasteiger partial charge < -0.3 is 4.74 Å². The largest absolute Gasteiger partial charge is 0.385 e. The normalized spacial score (nSPS) is 26.5. The zero-order valence-corrected chi connectivity index (χ0v) is 8.50. The van der Waals surface area contributed by atoms with E-state index in [1.54, 1.807) is 12.0 Å². The van der Waals surface area contributed by atoms with Crippen molar-refractivity contribution < 1.29 is 9.13 Å². The lowest BCUT2D eigenvalue weighted by atomic mass is 10.3. The summed E-state index contributed by atoms with van der Waals surface area (Å²) in [6.45, 7) is 4.06. The Bertz CT molecular complexity index is 146. The van der Waals surface area contributed by atoms with Gasteiger partial charge in [-0.3, -0.25) is 9.80 Å². The fraction of sp³-hybridized carbons (Fsp3) is 1.00. The van der Waals surface area contributed by atoms with Crippen LogP contribution < -0.4 is 0 Å². The molecule has 1 atom stereocenters. The SMILES string of the molecule is COCCCN1CCN(C)C(F)C1. The van der Waals surface area contributed by atoms with Crippen LogP contribution in [-0.2, 0) is 4.74 Å². The zero-order chi connectivity index (χ0) is 9.68. The highest BCUT2D eigenvalue weighted by Gasteiger charge is 2.22. The Morgan fingerprint density at radius 2 is 2.23 bits per heavy atom. The number of hydrogen-bond donors (Lipinski definition) is 0. The van der Waals surface area contributed by atoms with Gasteiger partial charge in [-0.2, -0.15) is 0 Å². The van der Waals surface area contributed by atoms with Gasteiger partial charge in [0.05, 0.1) is 0 Å². The third kappa shape index (κ3) is 3.58. The molecular formula is C9H19FN2O. The van der Waals surface area contributed by atoms with Crippen molar-refractivity contribution in [1.29, 1.82) is 0 Å². The first-order valence-electron chi connectivity index (χ1n) is 4.79. The third-order valence-corrected chi connectivity index (χ3v) is 2.48. The Morgan fingerprint density at radius 1 is 1.46 bits per heavy atom. The third-order valence-electron chi connectivity index (χ3n) is 2.48. The van der Waals surface area contributed by atoms with Crippen molar-refractivity contribution in [3.05, 3.63) is 0 Å². The second-order valence-corrected chi connectivity index (χ2v) is 3.56. The maximum atomic E-state index is 13.2. The second kappa shape index (κ2) is 5.52. The van der Waals surface area contributed by atoms with Gasteiger partial charge in [0, 0.05) is 39.9 Å². The van der Waals surface area contributed by atoms with Crippen molar-refractivity contribution in [3.63, 3.8) is 0 Å². The topological polar surface area (TPSA) is 15.7 Å². The summed E-state index contributed by atoms with van der Waals surface area (Å²) in [4.78, 5) is 3.91. The lowest BCUT2D eigenvalue weighted by molar-refractivity contribution is 0.0150. The van der Waals surface area contributed by atoms with Crippen molar-refractivity contribution in [2.75, 3.05) is 46.9 Å². The molecule has 1 saturated heterocycles. The molecule has 0 aliphatic carbocycles. The summed E-state index contributed by atoms with van der Waals surface area (Å²) in [7, 11) is 3.53. The Morgan fingerprint density at radius 3 is 2.85 bits per heavy atom. The van der Waals surface area contributed by atoms with Crippen molar-refractivity contribution in [3.8, 4) is 0 Å². The highest BCUT2D eigenvalue weighted by Crippen LogP contribution is 2.08. The minimum Gasteiger partial charge on any atom is -0.385 e. The summed E-state index contributed by atoms with van der Waals surface area (Å²) in [5.74, 6) is 0. The molecule has 1 unspecified atom stereocenters. The molecule has 1 fully saturated rings. The van der Waals surface area contributed by atoms with Crippen molar-refractivity contribution in [2.45, 2.75) is 12.7 Å². The van der Waals surface area contributed by atoms with Crippen molar-refractivity contribution >= 4 is 0 Å². The monoisotopic (exact) mass is 190 g/mol. The molecule has 0 N–H and O–H groups in total. The summed E-state index contributed by atoms with van der Waals surface area (Å²) in [5, 5.41) is 0. The van der Waals surface area contributed by atoms with Crippen molar-refractivity contribution in [1.82, 2.24) is 9.80 Å². The van der Waals surface area contributed by atoms with Crippen LogP contribution in [0.1, 0.15) is 6.42 Å². The quantitative estimate of drug-likeness (QED) is 0.476. The lowest BCUT2D eigenvalue weighted by Crippen LogP contribution is -2.49. The van der Waals surface area contributed by atoms with E-state index in [0.29, 0.717) is 6.54 Å². The lowest BCUT2D eigenvalue weighted by Gasteiger charge is -2.35. The van der Waals surface area contributed by atoms with Crippen LogP contribution in [0.5, 0.6) is 0 Å². The predicted octanol–water partition coefficient (Wildman–Crippen LogP) is 0.566. The Kier molecular flexibility index (Phi) is 4.62. The van der Waals surface area contributed by atoms with E-state index in [-0.39, 0.29) is 0 Å². The van der Waals surface area contributed by atoms with Crippen LogP contribution >= 0.6 is 0 Å². The molecule has 78 valence electrons. The number of likely N-dealkylation sites (N-methyl/N-ethyl adjacent to an activating group) is 1. The first-order chi connectivity index (χ1) is 6.24. The molecule has 0 radical (unpaired) electrons. The minimum atomic E-state index is -0.795. The average Bonchev–Trinajstić information content (AvgIpc) is 2.12. The molecular weight excluding hydrogens is 171 g/mol.